The standard InChI is InChI=1S/C21H19ClF3N3O2/c22-19-9-17(6-5-15(19)10-26)28(12-14-7-8-27(11-14)20(29)30)13-16-3-1-2-4-18(16)21(23,24)25/h1-6,9,14H,7-8,11-13H2,(H,29,30)/t14-/m0/s1. The SMILES string of the molecule is N#Cc1ccc(N(Cc2ccccc2C(F)(F)F)C[C@H]2CCN(C(=O)O)C2)cc1Cl. The summed E-state index contributed by atoms with van der Waals surface area (Å²) >= 11 is 6.15. The van der Waals surface area contributed by atoms with E-state index in [9.17, 15) is 23.1 Å². The Bertz CT molecular complexity index is 975. The molecule has 0 radical (unpaired) electrons. The van der Waals surface area contributed by atoms with Gasteiger partial charge in [0.2, 0.25) is 0 Å². The van der Waals surface area contributed by atoms with Gasteiger partial charge in [0.25, 0.3) is 0 Å². The summed E-state index contributed by atoms with van der Waals surface area (Å²) in [7, 11) is 0. The number of nitriles is 1. The lowest BCUT2D eigenvalue weighted by molar-refractivity contribution is -0.138. The number of amides is 1. The second kappa shape index (κ2) is 8.84. The van der Waals surface area contributed by atoms with Gasteiger partial charge in [-0.15, -0.1) is 0 Å². The number of carboxylic acid groups (broad SMARTS) is 1. The first-order valence-corrected chi connectivity index (χ1v) is 9.64. The Balaban J connectivity index is 1.92. The summed E-state index contributed by atoms with van der Waals surface area (Å²) in [5.41, 5.74) is 0.241. The molecule has 1 fully saturated rings. The Morgan fingerprint density at radius 3 is 2.63 bits per heavy atom. The molecule has 0 spiro atoms. The van der Waals surface area contributed by atoms with Crippen LogP contribution in [0.5, 0.6) is 0 Å². The normalized spacial score (nSPS) is 16.4. The summed E-state index contributed by atoms with van der Waals surface area (Å²) in [5, 5.41) is 18.5. The molecule has 9 heteroatoms. The second-order valence-electron chi connectivity index (χ2n) is 7.19. The van der Waals surface area contributed by atoms with Crippen LogP contribution in [-0.4, -0.2) is 35.7 Å². The van der Waals surface area contributed by atoms with E-state index in [1.165, 1.54) is 23.1 Å². The molecule has 0 aliphatic carbocycles. The molecule has 0 aromatic heterocycles. The molecule has 0 saturated carbocycles. The van der Waals surface area contributed by atoms with Crippen LogP contribution in [-0.2, 0) is 12.7 Å². The first-order valence-electron chi connectivity index (χ1n) is 9.26. The number of hydrogen-bond donors (Lipinski definition) is 1. The van der Waals surface area contributed by atoms with Crippen LogP contribution in [0.2, 0.25) is 5.02 Å². The number of alkyl halides is 3. The lowest BCUT2D eigenvalue weighted by atomic mass is 10.0. The van der Waals surface area contributed by atoms with E-state index < -0.39 is 17.8 Å². The number of benzene rings is 2. The molecule has 30 heavy (non-hydrogen) atoms. The fraction of sp³-hybridized carbons (Fsp3) is 0.333. The average molecular weight is 438 g/mol. The Morgan fingerprint density at radius 2 is 2.03 bits per heavy atom. The highest BCUT2D eigenvalue weighted by atomic mass is 35.5. The molecule has 2 aromatic carbocycles. The number of halogens is 4. The van der Waals surface area contributed by atoms with E-state index in [0.717, 1.165) is 6.07 Å². The van der Waals surface area contributed by atoms with Crippen LogP contribution < -0.4 is 4.90 Å². The van der Waals surface area contributed by atoms with Gasteiger partial charge in [-0.1, -0.05) is 29.8 Å². The van der Waals surface area contributed by atoms with Crippen molar-refractivity contribution >= 4 is 23.4 Å². The molecular weight excluding hydrogens is 419 g/mol. The van der Waals surface area contributed by atoms with Crippen LogP contribution in [0.15, 0.2) is 42.5 Å². The van der Waals surface area contributed by atoms with Gasteiger partial charge in [-0.3, -0.25) is 0 Å². The largest absolute Gasteiger partial charge is 0.465 e. The molecule has 1 amide bonds. The first-order chi connectivity index (χ1) is 14.2. The van der Waals surface area contributed by atoms with Crippen LogP contribution in [0.25, 0.3) is 0 Å². The summed E-state index contributed by atoms with van der Waals surface area (Å²) in [5.74, 6) is -0.0337. The monoisotopic (exact) mass is 437 g/mol. The predicted molar refractivity (Wildman–Crippen MR) is 106 cm³/mol. The smallest absolute Gasteiger partial charge is 0.416 e. The van der Waals surface area contributed by atoms with Crippen LogP contribution >= 0.6 is 11.6 Å². The summed E-state index contributed by atoms with van der Waals surface area (Å²) in [6, 6.07) is 12.1. The molecule has 1 saturated heterocycles. The van der Waals surface area contributed by atoms with Crippen molar-refractivity contribution in [2.75, 3.05) is 24.5 Å². The van der Waals surface area contributed by atoms with E-state index in [1.807, 2.05) is 6.07 Å². The zero-order valence-electron chi connectivity index (χ0n) is 15.9. The van der Waals surface area contributed by atoms with Crippen molar-refractivity contribution < 1.29 is 23.1 Å². The number of anilines is 1. The van der Waals surface area contributed by atoms with Gasteiger partial charge in [0.15, 0.2) is 0 Å². The quantitative estimate of drug-likeness (QED) is 0.694. The Hall–Kier alpha value is -2.92. The van der Waals surface area contributed by atoms with Crippen molar-refractivity contribution in [1.29, 1.82) is 5.26 Å². The van der Waals surface area contributed by atoms with E-state index in [1.54, 1.807) is 23.1 Å². The summed E-state index contributed by atoms with van der Waals surface area (Å²) in [6.07, 6.45) is -4.88. The third-order valence-corrected chi connectivity index (χ3v) is 5.47. The summed E-state index contributed by atoms with van der Waals surface area (Å²) < 4.78 is 40.4. The number of nitrogens with zero attached hydrogens (tertiary/aromatic N) is 3. The third kappa shape index (κ3) is 4.97. The highest BCUT2D eigenvalue weighted by Gasteiger charge is 2.34. The highest BCUT2D eigenvalue weighted by molar-refractivity contribution is 6.32. The maximum atomic E-state index is 13.5. The van der Waals surface area contributed by atoms with Crippen molar-refractivity contribution in [3.63, 3.8) is 0 Å². The predicted octanol–water partition coefficient (Wildman–Crippen LogP) is 5.24. The number of rotatable bonds is 5. The van der Waals surface area contributed by atoms with Crippen LogP contribution in [0.1, 0.15) is 23.1 Å². The molecule has 0 unspecified atom stereocenters. The number of hydrogen-bond acceptors (Lipinski definition) is 3. The van der Waals surface area contributed by atoms with Gasteiger partial charge in [-0.25, -0.2) is 4.79 Å². The molecule has 3 rings (SSSR count). The van der Waals surface area contributed by atoms with E-state index in [-0.39, 0.29) is 28.6 Å². The minimum Gasteiger partial charge on any atom is -0.465 e. The lowest BCUT2D eigenvalue weighted by Gasteiger charge is -2.29. The molecule has 1 N–H and O–H groups in total. The van der Waals surface area contributed by atoms with E-state index >= 15 is 0 Å². The van der Waals surface area contributed by atoms with Crippen LogP contribution in [0.4, 0.5) is 23.7 Å². The Morgan fingerprint density at radius 1 is 1.30 bits per heavy atom. The van der Waals surface area contributed by atoms with Crippen molar-refractivity contribution in [1.82, 2.24) is 4.90 Å². The highest BCUT2D eigenvalue weighted by Crippen LogP contribution is 2.34. The van der Waals surface area contributed by atoms with Gasteiger partial charge in [0.1, 0.15) is 6.07 Å². The number of carbonyl (C=O) groups is 1. The van der Waals surface area contributed by atoms with E-state index in [2.05, 4.69) is 0 Å². The van der Waals surface area contributed by atoms with Crippen LogP contribution in [0.3, 0.4) is 0 Å². The molecule has 1 heterocycles. The minimum absolute atomic E-state index is 0.0263. The van der Waals surface area contributed by atoms with Crippen molar-refractivity contribution in [3.05, 3.63) is 64.2 Å². The lowest BCUT2D eigenvalue weighted by Crippen LogP contribution is -2.33. The van der Waals surface area contributed by atoms with Crippen molar-refractivity contribution in [2.24, 2.45) is 5.92 Å². The zero-order valence-corrected chi connectivity index (χ0v) is 16.6. The first kappa shape index (κ1) is 21.8. The van der Waals surface area contributed by atoms with Crippen molar-refractivity contribution in [2.45, 2.75) is 19.1 Å². The van der Waals surface area contributed by atoms with Gasteiger partial charge in [-0.05, 0) is 42.2 Å². The van der Waals surface area contributed by atoms with Gasteiger partial charge >= 0.3 is 12.3 Å². The van der Waals surface area contributed by atoms with E-state index in [4.69, 9.17) is 16.9 Å². The molecule has 1 atom stereocenters. The molecule has 1 aliphatic rings. The third-order valence-electron chi connectivity index (χ3n) is 5.16. The molecule has 2 aromatic rings. The molecule has 1 aliphatic heterocycles. The molecule has 158 valence electrons. The Kier molecular flexibility index (Phi) is 6.42. The maximum absolute atomic E-state index is 13.5. The maximum Gasteiger partial charge on any atom is 0.416 e. The minimum atomic E-state index is -4.49. The summed E-state index contributed by atoms with van der Waals surface area (Å²) in [6.45, 7) is 1.04. The summed E-state index contributed by atoms with van der Waals surface area (Å²) in [4.78, 5) is 14.3. The van der Waals surface area contributed by atoms with E-state index in [0.29, 0.717) is 31.7 Å². The van der Waals surface area contributed by atoms with Crippen LogP contribution in [0, 0.1) is 17.2 Å². The van der Waals surface area contributed by atoms with Gasteiger partial charge in [-0.2, -0.15) is 18.4 Å². The topological polar surface area (TPSA) is 67.6 Å². The average Bonchev–Trinajstić information content (AvgIpc) is 3.16. The van der Waals surface area contributed by atoms with Gasteiger partial charge < -0.3 is 14.9 Å². The van der Waals surface area contributed by atoms with Gasteiger partial charge in [0, 0.05) is 31.9 Å². The fourth-order valence-corrected chi connectivity index (χ4v) is 3.88. The second-order valence-corrected chi connectivity index (χ2v) is 7.60. The zero-order chi connectivity index (χ0) is 21.9. The molecular formula is C21H19ClF3N3O2. The molecule has 0 bridgehead atoms. The fourth-order valence-electron chi connectivity index (χ4n) is 3.66. The number of likely N-dealkylation sites (tertiary alicyclic amines) is 1. The Labute approximate surface area is 176 Å². The van der Waals surface area contributed by atoms with Gasteiger partial charge in [0.05, 0.1) is 16.1 Å². The van der Waals surface area contributed by atoms with Crippen molar-refractivity contribution in [3.8, 4) is 6.07 Å². The molecule has 5 nitrogen and oxygen atoms in total.